The number of hydrogen-bond acceptors (Lipinski definition) is 6. The molecule has 3 amide bonds. The molecule has 1 saturated heterocycles. The van der Waals surface area contributed by atoms with E-state index in [-0.39, 0.29) is 35.6 Å². The van der Waals surface area contributed by atoms with Crippen molar-refractivity contribution in [3.8, 4) is 5.75 Å². The number of nitrogens with zero attached hydrogens (tertiary/aromatic N) is 1. The molecular weight excluding hydrogens is 538 g/mol. The monoisotopic (exact) mass is 575 g/mol. The van der Waals surface area contributed by atoms with Gasteiger partial charge in [0.1, 0.15) is 11.8 Å². The molecule has 4 N–H and O–H groups in total. The third-order valence-electron chi connectivity index (χ3n) is 7.53. The molecule has 0 aliphatic carbocycles. The fourth-order valence-electron chi connectivity index (χ4n) is 5.10. The lowest BCUT2D eigenvalue weighted by Crippen LogP contribution is -2.59. The Morgan fingerprint density at radius 1 is 0.976 bits per heavy atom. The van der Waals surface area contributed by atoms with Crippen LogP contribution in [0.25, 0.3) is 0 Å². The van der Waals surface area contributed by atoms with Crippen molar-refractivity contribution < 1.29 is 24.6 Å². The molecule has 0 unspecified atom stereocenters. The number of hydrogen-bond donors (Lipinski definition) is 4. The van der Waals surface area contributed by atoms with E-state index >= 15 is 0 Å². The molecule has 4 rings (SSSR count). The van der Waals surface area contributed by atoms with Crippen LogP contribution in [0.5, 0.6) is 5.75 Å². The third-order valence-corrected chi connectivity index (χ3v) is 8.91. The van der Waals surface area contributed by atoms with E-state index in [1.54, 1.807) is 19.1 Å². The Kier molecular flexibility index (Phi) is 9.40. The lowest BCUT2D eigenvalue weighted by atomic mass is 9.96. The van der Waals surface area contributed by atoms with Gasteiger partial charge in [-0.25, -0.2) is 0 Å². The van der Waals surface area contributed by atoms with Crippen LogP contribution in [0.2, 0.25) is 0 Å². The summed E-state index contributed by atoms with van der Waals surface area (Å²) >= 11 is 1.46. The van der Waals surface area contributed by atoms with Crippen LogP contribution < -0.4 is 10.6 Å². The van der Waals surface area contributed by atoms with Gasteiger partial charge in [0.2, 0.25) is 5.91 Å². The normalized spacial score (nSPS) is 18.3. The third kappa shape index (κ3) is 6.92. The second-order valence-corrected chi connectivity index (χ2v) is 12.5. The first-order valence-electron chi connectivity index (χ1n) is 13.6. The average Bonchev–Trinajstić information content (AvgIpc) is 3.29. The highest BCUT2D eigenvalue weighted by Crippen LogP contribution is 2.40. The number of benzene rings is 3. The fourth-order valence-corrected chi connectivity index (χ4v) is 6.24. The molecule has 0 saturated carbocycles. The molecule has 0 radical (unpaired) electrons. The van der Waals surface area contributed by atoms with Crippen LogP contribution >= 0.6 is 11.8 Å². The van der Waals surface area contributed by atoms with E-state index in [1.807, 2.05) is 81.4 Å². The van der Waals surface area contributed by atoms with Crippen molar-refractivity contribution in [3.05, 3.63) is 101 Å². The Morgan fingerprint density at radius 3 is 2.27 bits per heavy atom. The summed E-state index contributed by atoms with van der Waals surface area (Å²) in [5.41, 5.74) is 2.40. The van der Waals surface area contributed by atoms with Crippen LogP contribution in [0.4, 0.5) is 0 Å². The standard InChI is InChI=1S/C32H37N3O5S/c1-20-24(16-11-17-26(20)36)29(38)34-25(18-22-12-7-5-8-13-22)27(37)31(40)35-19-41-32(3,4)28(35)30(39)33-21(2)23-14-9-6-10-15-23/h5-17,21,25,27-28,36-37H,18-19H2,1-4H3,(H,33,39)(H,34,38)/t21-,25+,27+,28-/m1/s1. The molecule has 1 aliphatic rings. The number of carbonyl (C=O) groups is 3. The molecule has 8 nitrogen and oxygen atoms in total. The van der Waals surface area contributed by atoms with Gasteiger partial charge in [-0.2, -0.15) is 0 Å². The highest BCUT2D eigenvalue weighted by atomic mass is 32.2. The SMILES string of the molecule is Cc1c(O)cccc1C(=O)N[C@@H](Cc1ccccc1)[C@H](O)C(=O)N1CSC(C)(C)[C@H]1C(=O)N[C@H](C)c1ccccc1. The average molecular weight is 576 g/mol. The van der Waals surface area contributed by atoms with E-state index in [1.165, 1.54) is 22.7 Å². The maximum Gasteiger partial charge on any atom is 0.254 e. The van der Waals surface area contributed by atoms with Gasteiger partial charge in [-0.1, -0.05) is 66.7 Å². The van der Waals surface area contributed by atoms with Gasteiger partial charge < -0.3 is 25.7 Å². The van der Waals surface area contributed by atoms with Crippen molar-refractivity contribution in [1.82, 2.24) is 15.5 Å². The van der Waals surface area contributed by atoms with Crippen LogP contribution in [-0.4, -0.2) is 61.6 Å². The fraction of sp³-hybridized carbons (Fsp3) is 0.344. The molecule has 1 heterocycles. The predicted molar refractivity (Wildman–Crippen MR) is 160 cm³/mol. The van der Waals surface area contributed by atoms with Crippen LogP contribution in [0, 0.1) is 6.92 Å². The molecule has 3 aromatic carbocycles. The summed E-state index contributed by atoms with van der Waals surface area (Å²) in [6, 6.07) is 21.4. The quantitative estimate of drug-likeness (QED) is 0.307. The number of aliphatic hydroxyl groups excluding tert-OH is 1. The van der Waals surface area contributed by atoms with E-state index in [0.717, 1.165) is 11.1 Å². The molecule has 216 valence electrons. The summed E-state index contributed by atoms with van der Waals surface area (Å²) < 4.78 is -0.604. The summed E-state index contributed by atoms with van der Waals surface area (Å²) in [7, 11) is 0. The number of carbonyl (C=O) groups excluding carboxylic acids is 3. The van der Waals surface area contributed by atoms with Gasteiger partial charge >= 0.3 is 0 Å². The summed E-state index contributed by atoms with van der Waals surface area (Å²) in [5, 5.41) is 27.4. The Morgan fingerprint density at radius 2 is 1.61 bits per heavy atom. The zero-order valence-electron chi connectivity index (χ0n) is 23.7. The summed E-state index contributed by atoms with van der Waals surface area (Å²) in [4.78, 5) is 42.1. The molecule has 0 spiro atoms. The van der Waals surface area contributed by atoms with Crippen molar-refractivity contribution in [2.45, 2.75) is 63.1 Å². The molecule has 4 atom stereocenters. The Bertz CT molecular complexity index is 1380. The number of nitrogens with one attached hydrogen (secondary N) is 2. The number of aliphatic hydroxyl groups is 1. The number of rotatable bonds is 9. The van der Waals surface area contributed by atoms with E-state index in [9.17, 15) is 24.6 Å². The van der Waals surface area contributed by atoms with Gasteiger partial charge in [-0.3, -0.25) is 14.4 Å². The first kappa shape index (κ1) is 30.1. The Hall–Kier alpha value is -3.82. The largest absolute Gasteiger partial charge is 0.508 e. The van der Waals surface area contributed by atoms with Crippen LogP contribution in [0.15, 0.2) is 78.9 Å². The molecule has 0 aromatic heterocycles. The predicted octanol–water partition coefficient (Wildman–Crippen LogP) is 3.96. The second-order valence-electron chi connectivity index (χ2n) is 10.9. The smallest absolute Gasteiger partial charge is 0.254 e. The number of amides is 3. The zero-order valence-corrected chi connectivity index (χ0v) is 24.5. The van der Waals surface area contributed by atoms with E-state index in [4.69, 9.17) is 0 Å². The number of phenolic OH excluding ortho intramolecular Hbond substituents is 1. The topological polar surface area (TPSA) is 119 Å². The van der Waals surface area contributed by atoms with Crippen molar-refractivity contribution >= 4 is 29.5 Å². The van der Waals surface area contributed by atoms with Crippen LogP contribution in [-0.2, 0) is 16.0 Å². The van der Waals surface area contributed by atoms with Crippen molar-refractivity contribution in [3.63, 3.8) is 0 Å². The maximum absolute atomic E-state index is 13.9. The van der Waals surface area contributed by atoms with Gasteiger partial charge in [0.05, 0.1) is 18.0 Å². The number of phenols is 1. The van der Waals surface area contributed by atoms with Crippen molar-refractivity contribution in [2.75, 3.05) is 5.88 Å². The van der Waals surface area contributed by atoms with Crippen molar-refractivity contribution in [2.24, 2.45) is 0 Å². The van der Waals surface area contributed by atoms with Gasteiger partial charge in [0, 0.05) is 15.9 Å². The first-order chi connectivity index (χ1) is 19.5. The lowest BCUT2D eigenvalue weighted by molar-refractivity contribution is -0.147. The zero-order chi connectivity index (χ0) is 29.7. The first-order valence-corrected chi connectivity index (χ1v) is 14.6. The van der Waals surface area contributed by atoms with Gasteiger partial charge in [-0.05, 0) is 57.4 Å². The molecule has 0 bridgehead atoms. The lowest BCUT2D eigenvalue weighted by Gasteiger charge is -2.34. The summed E-state index contributed by atoms with van der Waals surface area (Å²) in [6.07, 6.45) is -1.43. The van der Waals surface area contributed by atoms with Crippen LogP contribution in [0.3, 0.4) is 0 Å². The van der Waals surface area contributed by atoms with Gasteiger partial charge in [0.15, 0.2) is 6.10 Å². The van der Waals surface area contributed by atoms with Crippen LogP contribution in [0.1, 0.15) is 53.9 Å². The molecule has 9 heteroatoms. The van der Waals surface area contributed by atoms with Crippen molar-refractivity contribution in [1.29, 1.82) is 0 Å². The Labute approximate surface area is 245 Å². The minimum atomic E-state index is -1.62. The number of thioether (sulfide) groups is 1. The minimum Gasteiger partial charge on any atom is -0.508 e. The molecule has 1 aliphatic heterocycles. The minimum absolute atomic E-state index is 0.0243. The molecule has 3 aromatic rings. The summed E-state index contributed by atoms with van der Waals surface area (Å²) in [5.74, 6) is -1.27. The van der Waals surface area contributed by atoms with E-state index in [0.29, 0.717) is 5.56 Å². The summed E-state index contributed by atoms with van der Waals surface area (Å²) in [6.45, 7) is 7.32. The Balaban J connectivity index is 1.57. The van der Waals surface area contributed by atoms with Gasteiger partial charge in [-0.15, -0.1) is 11.8 Å². The second kappa shape index (κ2) is 12.8. The maximum atomic E-state index is 13.9. The number of aromatic hydroxyl groups is 1. The molecule has 41 heavy (non-hydrogen) atoms. The van der Waals surface area contributed by atoms with Gasteiger partial charge in [0.25, 0.3) is 11.8 Å². The molecule has 1 fully saturated rings. The highest BCUT2D eigenvalue weighted by molar-refractivity contribution is 8.00. The molecular formula is C32H37N3O5S. The highest BCUT2D eigenvalue weighted by Gasteiger charge is 2.50. The van der Waals surface area contributed by atoms with E-state index < -0.39 is 34.7 Å². The van der Waals surface area contributed by atoms with E-state index in [2.05, 4.69) is 10.6 Å².